The number of carbonyl (C=O) groups excluding carboxylic acids is 3. The fourth-order valence-corrected chi connectivity index (χ4v) is 4.55. The Kier molecular flexibility index (Phi) is 16.2. The lowest BCUT2D eigenvalue weighted by Crippen LogP contribution is -2.50. The van der Waals surface area contributed by atoms with Crippen LogP contribution in [0, 0.1) is 0 Å². The number of sulfonamides is 2. The Bertz CT molecular complexity index is 1420. The Morgan fingerprint density at radius 2 is 1.17 bits per heavy atom. The molecule has 0 saturated carbocycles. The molecule has 0 aliphatic carbocycles. The minimum Gasteiger partial charge on any atom is -0.444 e. The highest BCUT2D eigenvalue weighted by molar-refractivity contribution is 9.10. The van der Waals surface area contributed by atoms with Gasteiger partial charge in [-0.15, -0.1) is 12.4 Å². The van der Waals surface area contributed by atoms with Crippen molar-refractivity contribution in [2.45, 2.75) is 51.3 Å². The Labute approximate surface area is 269 Å². The van der Waals surface area contributed by atoms with Crippen LogP contribution >= 0.6 is 44.3 Å². The Balaban J connectivity index is 0.000000825. The maximum absolute atomic E-state index is 12.2. The van der Waals surface area contributed by atoms with Crippen LogP contribution in [-0.4, -0.2) is 64.9 Å². The van der Waals surface area contributed by atoms with Crippen LogP contribution in [0.1, 0.15) is 31.9 Å². The summed E-state index contributed by atoms with van der Waals surface area (Å²) in [5, 5.41) is 2.41. The number of benzene rings is 2. The van der Waals surface area contributed by atoms with E-state index in [4.69, 9.17) is 10.5 Å². The van der Waals surface area contributed by atoms with Crippen molar-refractivity contribution in [2.24, 2.45) is 5.73 Å². The molecule has 5 N–H and O–H groups in total. The summed E-state index contributed by atoms with van der Waals surface area (Å²) < 4.78 is 54.9. The summed E-state index contributed by atoms with van der Waals surface area (Å²) >= 11 is 6.60. The summed E-state index contributed by atoms with van der Waals surface area (Å²) in [7, 11) is -7.29. The molecule has 0 bridgehead atoms. The van der Waals surface area contributed by atoms with Gasteiger partial charge in [-0.1, -0.05) is 56.1 Å². The van der Waals surface area contributed by atoms with Crippen molar-refractivity contribution in [1.29, 1.82) is 0 Å². The molecule has 0 saturated heterocycles. The van der Waals surface area contributed by atoms with E-state index in [1.807, 2.05) is 33.7 Å². The zero-order valence-electron chi connectivity index (χ0n) is 23.5. The van der Waals surface area contributed by atoms with Crippen LogP contribution in [0.2, 0.25) is 0 Å². The van der Waals surface area contributed by atoms with Gasteiger partial charge >= 0.3 is 6.09 Å². The van der Waals surface area contributed by atoms with E-state index in [9.17, 15) is 31.2 Å². The molecule has 0 radical (unpaired) electrons. The molecule has 0 spiro atoms. The van der Waals surface area contributed by atoms with Crippen molar-refractivity contribution in [2.75, 3.05) is 12.5 Å². The summed E-state index contributed by atoms with van der Waals surface area (Å²) in [6, 6.07) is 12.4. The highest BCUT2D eigenvalue weighted by atomic mass is 79.9. The molecule has 2 rings (SSSR count). The van der Waals surface area contributed by atoms with Crippen LogP contribution in [0.3, 0.4) is 0 Å². The van der Waals surface area contributed by atoms with Crippen LogP contribution in [-0.2, 0) is 47.2 Å². The van der Waals surface area contributed by atoms with Crippen molar-refractivity contribution in [3.05, 3.63) is 68.6 Å². The summed E-state index contributed by atoms with van der Waals surface area (Å²) in [6.45, 7) is 5.06. The summed E-state index contributed by atoms with van der Waals surface area (Å²) in [5.41, 5.74) is 6.49. The van der Waals surface area contributed by atoms with Gasteiger partial charge in [0.25, 0.3) is 11.8 Å². The summed E-state index contributed by atoms with van der Waals surface area (Å²) in [5.74, 6) is -1.53. The monoisotopic (exact) mass is 776 g/mol. The summed E-state index contributed by atoms with van der Waals surface area (Å²) in [4.78, 5) is 35.5. The minimum absolute atomic E-state index is 0. The number of carbonyl (C=O) groups is 3. The lowest BCUT2D eigenvalue weighted by atomic mass is 10.1. The lowest BCUT2D eigenvalue weighted by molar-refractivity contribution is -0.121. The van der Waals surface area contributed by atoms with Gasteiger partial charge < -0.3 is 15.8 Å². The molecule has 2 aromatic rings. The molecule has 42 heavy (non-hydrogen) atoms. The fraction of sp³-hybridized carbons (Fsp3) is 0.400. The Morgan fingerprint density at radius 3 is 1.55 bits per heavy atom. The van der Waals surface area contributed by atoms with Gasteiger partial charge in [0.2, 0.25) is 20.0 Å². The molecule has 3 amide bonds. The molecule has 0 aliphatic heterocycles. The number of amides is 3. The van der Waals surface area contributed by atoms with E-state index in [-0.39, 0.29) is 25.2 Å². The van der Waals surface area contributed by atoms with Gasteiger partial charge in [-0.2, -0.15) is 0 Å². The first-order chi connectivity index (χ1) is 18.6. The first kappa shape index (κ1) is 39.8. The third kappa shape index (κ3) is 18.3. The normalized spacial score (nSPS) is 12.8. The first-order valence-electron chi connectivity index (χ1n) is 11.9. The number of halogens is 3. The molecule has 2 aromatic carbocycles. The first-order valence-corrected chi connectivity index (χ1v) is 17.3. The van der Waals surface area contributed by atoms with Crippen molar-refractivity contribution >= 4 is 82.2 Å². The van der Waals surface area contributed by atoms with E-state index in [0.717, 1.165) is 32.6 Å². The third-order valence-electron chi connectivity index (χ3n) is 4.64. The molecule has 12 nitrogen and oxygen atoms in total. The molecule has 0 unspecified atom stereocenters. The van der Waals surface area contributed by atoms with Crippen molar-refractivity contribution in [1.82, 2.24) is 14.8 Å². The average Bonchev–Trinajstić information content (AvgIpc) is 2.78. The van der Waals surface area contributed by atoms with Crippen LogP contribution < -0.4 is 20.5 Å². The van der Waals surface area contributed by atoms with Gasteiger partial charge in [-0.05, 0) is 62.6 Å². The highest BCUT2D eigenvalue weighted by Crippen LogP contribution is 2.14. The lowest BCUT2D eigenvalue weighted by Gasteiger charge is -2.23. The van der Waals surface area contributed by atoms with E-state index in [1.165, 1.54) is 0 Å². The molecule has 0 fully saturated rings. The highest BCUT2D eigenvalue weighted by Gasteiger charge is 2.26. The van der Waals surface area contributed by atoms with E-state index in [2.05, 4.69) is 37.2 Å². The number of ether oxygens (including phenoxy) is 1. The molecule has 17 heteroatoms. The van der Waals surface area contributed by atoms with Crippen molar-refractivity contribution in [3.8, 4) is 0 Å². The number of hydrogen-bond acceptors (Lipinski definition) is 9. The van der Waals surface area contributed by atoms with E-state index in [0.29, 0.717) is 0 Å². The van der Waals surface area contributed by atoms with Crippen molar-refractivity contribution in [3.63, 3.8) is 0 Å². The summed E-state index contributed by atoms with van der Waals surface area (Å²) in [6.07, 6.45) is 1.39. The topological polar surface area (TPSA) is 191 Å². The zero-order valence-corrected chi connectivity index (χ0v) is 29.1. The number of hydrogen-bond donors (Lipinski definition) is 4. The van der Waals surface area contributed by atoms with Crippen molar-refractivity contribution < 1.29 is 36.0 Å². The van der Waals surface area contributed by atoms with Gasteiger partial charge in [0.05, 0.1) is 18.6 Å². The standard InChI is InChI=1S/C15H21BrN2O5S.C10H13BrN2O3S.ClH/c1-15(2,3)23-14(20)17-12(13(19)18-24(4,21)22)9-10-5-7-11(16)8-6-10;1-17(15,16)13-10(14)9(12)6-7-2-4-8(11)5-3-7;/h5-8,12H,9H2,1-4H3,(H,17,20)(H,18,19);2-5,9H,6,12H2,1H3,(H,13,14);1H/t12-;9-;/m00./s1. The predicted molar refractivity (Wildman–Crippen MR) is 170 cm³/mol. The van der Waals surface area contributed by atoms with Gasteiger partial charge in [-0.25, -0.2) is 21.6 Å². The third-order valence-corrected chi connectivity index (χ3v) is 6.84. The zero-order chi connectivity index (χ0) is 31.6. The molecular weight excluding hydrogens is 744 g/mol. The fourth-order valence-electron chi connectivity index (χ4n) is 2.99. The average molecular weight is 779 g/mol. The van der Waals surface area contributed by atoms with E-state index >= 15 is 0 Å². The predicted octanol–water partition coefficient (Wildman–Crippen LogP) is 2.78. The number of nitrogens with two attached hydrogens (primary N) is 1. The van der Waals surface area contributed by atoms with Crippen LogP contribution in [0.5, 0.6) is 0 Å². The molecule has 0 heterocycles. The molecule has 0 aliphatic rings. The maximum atomic E-state index is 12.2. The van der Waals surface area contributed by atoms with Crippen LogP contribution in [0.4, 0.5) is 4.79 Å². The van der Waals surface area contributed by atoms with Gasteiger partial charge in [0, 0.05) is 15.4 Å². The van der Waals surface area contributed by atoms with Gasteiger partial charge in [0.1, 0.15) is 11.6 Å². The van der Waals surface area contributed by atoms with Crippen LogP contribution in [0.25, 0.3) is 0 Å². The largest absolute Gasteiger partial charge is 0.444 e. The second kappa shape index (κ2) is 17.2. The van der Waals surface area contributed by atoms with Crippen LogP contribution in [0.15, 0.2) is 57.5 Å². The van der Waals surface area contributed by atoms with E-state index < -0.39 is 55.6 Å². The molecule has 236 valence electrons. The number of rotatable bonds is 9. The molecule has 2 atom stereocenters. The maximum Gasteiger partial charge on any atom is 0.408 e. The second-order valence-electron chi connectivity index (χ2n) is 9.94. The molecular formula is C25H35Br2ClN4O8S2. The molecule has 0 aromatic heterocycles. The van der Waals surface area contributed by atoms with Gasteiger partial charge in [0.15, 0.2) is 0 Å². The quantitative estimate of drug-likeness (QED) is 0.297. The minimum atomic E-state index is -3.74. The Hall–Kier alpha value is -2.24. The number of nitrogens with one attached hydrogen (secondary N) is 3. The number of alkyl carbamates (subject to hydrolysis) is 1. The Morgan fingerprint density at radius 1 is 0.786 bits per heavy atom. The van der Waals surface area contributed by atoms with Gasteiger partial charge in [-0.3, -0.25) is 19.0 Å². The van der Waals surface area contributed by atoms with E-state index in [1.54, 1.807) is 45.0 Å². The smallest absolute Gasteiger partial charge is 0.408 e. The SMILES string of the molecule is CC(C)(C)OC(=O)N[C@@H](Cc1ccc(Br)cc1)C(=O)NS(C)(=O)=O.CS(=O)(=O)NC(=O)[C@@H](N)Cc1ccc(Br)cc1.Cl. The second-order valence-corrected chi connectivity index (χ2v) is 15.3.